The highest BCUT2D eigenvalue weighted by molar-refractivity contribution is 5.92. The van der Waals surface area contributed by atoms with Crippen LogP contribution < -0.4 is 16.0 Å². The Morgan fingerprint density at radius 3 is 2.54 bits per heavy atom. The van der Waals surface area contributed by atoms with E-state index in [1.807, 2.05) is 45.0 Å². The second-order valence-corrected chi connectivity index (χ2v) is 6.34. The third-order valence-electron chi connectivity index (χ3n) is 3.92. The molecule has 1 atom stereocenters. The van der Waals surface area contributed by atoms with Gasteiger partial charge in [0.05, 0.1) is 13.1 Å². The molecule has 2 amide bonds. The number of likely N-dealkylation sites (N-methyl/N-ethyl adjacent to an activating group) is 1. The minimum absolute atomic E-state index is 0.0181. The van der Waals surface area contributed by atoms with Crippen LogP contribution in [0.1, 0.15) is 32.8 Å². The van der Waals surface area contributed by atoms with Crippen LogP contribution in [0.15, 0.2) is 29.3 Å². The molecule has 144 valence electrons. The SMILES string of the molecule is CCNC(=NCc1cccc(NC(=O)C(C)CC)c1)NCC(=O)N(C)C. The Morgan fingerprint density at radius 2 is 1.92 bits per heavy atom. The first-order valence-electron chi connectivity index (χ1n) is 8.99. The largest absolute Gasteiger partial charge is 0.357 e. The van der Waals surface area contributed by atoms with E-state index in [4.69, 9.17) is 0 Å². The summed E-state index contributed by atoms with van der Waals surface area (Å²) in [5, 5.41) is 9.06. The van der Waals surface area contributed by atoms with Crippen molar-refractivity contribution in [1.29, 1.82) is 0 Å². The number of carbonyl (C=O) groups is 2. The predicted molar refractivity (Wildman–Crippen MR) is 106 cm³/mol. The number of hydrogen-bond donors (Lipinski definition) is 3. The maximum absolute atomic E-state index is 12.0. The average Bonchev–Trinajstić information content (AvgIpc) is 2.63. The Labute approximate surface area is 156 Å². The zero-order chi connectivity index (χ0) is 19.5. The van der Waals surface area contributed by atoms with Gasteiger partial charge in [0.15, 0.2) is 5.96 Å². The maximum atomic E-state index is 12.0. The number of nitrogens with zero attached hydrogens (tertiary/aromatic N) is 2. The first-order valence-corrected chi connectivity index (χ1v) is 8.99. The molecule has 0 heterocycles. The molecular weight excluding hydrogens is 330 g/mol. The van der Waals surface area contributed by atoms with Crippen LogP contribution in [0.5, 0.6) is 0 Å². The van der Waals surface area contributed by atoms with Crippen molar-refractivity contribution in [3.8, 4) is 0 Å². The zero-order valence-electron chi connectivity index (χ0n) is 16.4. The van der Waals surface area contributed by atoms with Gasteiger partial charge in [0.25, 0.3) is 0 Å². The fourth-order valence-corrected chi connectivity index (χ4v) is 2.03. The summed E-state index contributed by atoms with van der Waals surface area (Å²) >= 11 is 0. The van der Waals surface area contributed by atoms with Crippen molar-refractivity contribution in [2.24, 2.45) is 10.9 Å². The van der Waals surface area contributed by atoms with Crippen LogP contribution in [0.2, 0.25) is 0 Å². The van der Waals surface area contributed by atoms with Gasteiger partial charge in [0, 0.05) is 32.2 Å². The van der Waals surface area contributed by atoms with E-state index in [9.17, 15) is 9.59 Å². The van der Waals surface area contributed by atoms with Crippen molar-refractivity contribution in [2.45, 2.75) is 33.7 Å². The quantitative estimate of drug-likeness (QED) is 0.487. The second-order valence-electron chi connectivity index (χ2n) is 6.34. The molecular formula is C19H31N5O2. The van der Waals surface area contributed by atoms with Gasteiger partial charge >= 0.3 is 0 Å². The molecule has 26 heavy (non-hydrogen) atoms. The van der Waals surface area contributed by atoms with Gasteiger partial charge in [-0.25, -0.2) is 4.99 Å². The molecule has 3 N–H and O–H groups in total. The summed E-state index contributed by atoms with van der Waals surface area (Å²) in [6.07, 6.45) is 0.805. The van der Waals surface area contributed by atoms with Crippen LogP contribution in [0.3, 0.4) is 0 Å². The van der Waals surface area contributed by atoms with Crippen LogP contribution in [-0.2, 0) is 16.1 Å². The number of carbonyl (C=O) groups excluding carboxylic acids is 2. The molecule has 0 saturated heterocycles. The molecule has 1 aromatic rings. The summed E-state index contributed by atoms with van der Waals surface area (Å²) in [5.74, 6) is 0.558. The number of nitrogens with one attached hydrogen (secondary N) is 3. The van der Waals surface area contributed by atoms with E-state index in [2.05, 4.69) is 20.9 Å². The van der Waals surface area contributed by atoms with E-state index >= 15 is 0 Å². The van der Waals surface area contributed by atoms with Crippen molar-refractivity contribution < 1.29 is 9.59 Å². The third kappa shape index (κ3) is 7.55. The number of benzene rings is 1. The standard InChI is InChI=1S/C19H31N5O2/c1-6-14(3)18(26)23-16-10-8-9-15(11-16)12-21-19(20-7-2)22-13-17(25)24(4)5/h8-11,14H,6-7,12-13H2,1-5H3,(H,23,26)(H2,20,21,22). The van der Waals surface area contributed by atoms with Crippen LogP contribution in [0.25, 0.3) is 0 Å². The lowest BCUT2D eigenvalue weighted by Crippen LogP contribution is -2.42. The van der Waals surface area contributed by atoms with Gasteiger partial charge in [0.2, 0.25) is 11.8 Å². The van der Waals surface area contributed by atoms with E-state index in [1.165, 1.54) is 4.90 Å². The number of aliphatic imine (C=N–C) groups is 1. The summed E-state index contributed by atoms with van der Waals surface area (Å²) in [5.41, 5.74) is 1.74. The first kappa shape index (κ1) is 21.5. The molecule has 0 aliphatic carbocycles. The normalized spacial score (nSPS) is 12.3. The summed E-state index contributed by atoms with van der Waals surface area (Å²) in [6.45, 7) is 7.20. The van der Waals surface area contributed by atoms with Crippen LogP contribution in [-0.4, -0.2) is 49.9 Å². The monoisotopic (exact) mass is 361 g/mol. The van der Waals surface area contributed by atoms with Crippen LogP contribution in [0, 0.1) is 5.92 Å². The summed E-state index contributed by atoms with van der Waals surface area (Å²) in [4.78, 5) is 29.7. The van der Waals surface area contributed by atoms with Gasteiger partial charge in [-0.2, -0.15) is 0 Å². The molecule has 7 heteroatoms. The molecule has 0 saturated carbocycles. The van der Waals surface area contributed by atoms with E-state index in [0.717, 1.165) is 17.7 Å². The van der Waals surface area contributed by atoms with E-state index in [1.54, 1.807) is 14.1 Å². The van der Waals surface area contributed by atoms with Crippen molar-refractivity contribution in [3.05, 3.63) is 29.8 Å². The Kier molecular flexibility index (Phi) is 9.19. The van der Waals surface area contributed by atoms with Gasteiger partial charge in [-0.3, -0.25) is 9.59 Å². The molecule has 7 nitrogen and oxygen atoms in total. The van der Waals surface area contributed by atoms with Crippen molar-refractivity contribution in [2.75, 3.05) is 32.5 Å². The number of amides is 2. The molecule has 0 fully saturated rings. The predicted octanol–water partition coefficient (Wildman–Crippen LogP) is 1.81. The fraction of sp³-hybridized carbons (Fsp3) is 0.526. The summed E-state index contributed by atoms with van der Waals surface area (Å²) in [7, 11) is 3.43. The molecule has 0 aliphatic rings. The van der Waals surface area contributed by atoms with Crippen LogP contribution >= 0.6 is 0 Å². The number of anilines is 1. The van der Waals surface area contributed by atoms with Crippen LogP contribution in [0.4, 0.5) is 5.69 Å². The number of rotatable bonds is 8. The molecule has 1 rings (SSSR count). The highest BCUT2D eigenvalue weighted by Gasteiger charge is 2.10. The van der Waals surface area contributed by atoms with Gasteiger partial charge in [0.1, 0.15) is 0 Å². The molecule has 1 unspecified atom stereocenters. The molecule has 0 bridgehead atoms. The highest BCUT2D eigenvalue weighted by Crippen LogP contribution is 2.13. The maximum Gasteiger partial charge on any atom is 0.241 e. The van der Waals surface area contributed by atoms with Crippen molar-refractivity contribution in [3.63, 3.8) is 0 Å². The summed E-state index contributed by atoms with van der Waals surface area (Å²) in [6, 6.07) is 7.63. The average molecular weight is 361 g/mol. The minimum Gasteiger partial charge on any atom is -0.357 e. The third-order valence-corrected chi connectivity index (χ3v) is 3.92. The lowest BCUT2D eigenvalue weighted by molar-refractivity contribution is -0.127. The Morgan fingerprint density at radius 1 is 1.19 bits per heavy atom. The second kappa shape index (κ2) is 11.1. The van der Waals surface area contributed by atoms with Gasteiger partial charge in [-0.05, 0) is 31.0 Å². The molecule has 0 aliphatic heterocycles. The van der Waals surface area contributed by atoms with Gasteiger partial charge < -0.3 is 20.9 Å². The highest BCUT2D eigenvalue weighted by atomic mass is 16.2. The van der Waals surface area contributed by atoms with E-state index < -0.39 is 0 Å². The Hall–Kier alpha value is -2.57. The van der Waals surface area contributed by atoms with Crippen molar-refractivity contribution in [1.82, 2.24) is 15.5 Å². The van der Waals surface area contributed by atoms with E-state index in [-0.39, 0.29) is 24.3 Å². The smallest absolute Gasteiger partial charge is 0.241 e. The molecule has 0 aromatic heterocycles. The first-order chi connectivity index (χ1) is 12.4. The molecule has 0 spiro atoms. The topological polar surface area (TPSA) is 85.8 Å². The lowest BCUT2D eigenvalue weighted by atomic mass is 10.1. The molecule has 0 radical (unpaired) electrons. The van der Waals surface area contributed by atoms with Gasteiger partial charge in [-0.15, -0.1) is 0 Å². The number of hydrogen-bond acceptors (Lipinski definition) is 3. The minimum atomic E-state index is -0.0228. The fourth-order valence-electron chi connectivity index (χ4n) is 2.03. The van der Waals surface area contributed by atoms with E-state index in [0.29, 0.717) is 19.0 Å². The van der Waals surface area contributed by atoms with Crippen molar-refractivity contribution >= 4 is 23.5 Å². The number of guanidine groups is 1. The molecule has 1 aromatic carbocycles. The van der Waals surface area contributed by atoms with Gasteiger partial charge in [-0.1, -0.05) is 26.0 Å². The zero-order valence-corrected chi connectivity index (χ0v) is 16.4. The lowest BCUT2D eigenvalue weighted by Gasteiger charge is -2.14. The Balaban J connectivity index is 2.72. The Bertz CT molecular complexity index is 628. The summed E-state index contributed by atoms with van der Waals surface area (Å²) < 4.78 is 0.